The molecule has 1 fully saturated rings. The van der Waals surface area contributed by atoms with Crippen LogP contribution in [0.3, 0.4) is 0 Å². The molecule has 4 rings (SSSR count). The quantitative estimate of drug-likeness (QED) is 0.307. The fraction of sp³-hybridized carbons (Fsp3) is 0.348. The van der Waals surface area contributed by atoms with E-state index in [1.807, 2.05) is 37.4 Å². The van der Waals surface area contributed by atoms with Gasteiger partial charge in [0.25, 0.3) is 0 Å². The van der Waals surface area contributed by atoms with Gasteiger partial charge >= 0.3 is 0 Å². The molecular weight excluding hydrogens is 475 g/mol. The average Bonchev–Trinajstić information content (AvgIpc) is 3.16. The number of benzene rings is 2. The Labute approximate surface area is 189 Å². The van der Waals surface area contributed by atoms with Gasteiger partial charge in [-0.2, -0.15) is 0 Å². The monoisotopic (exact) mass is 504 g/mol. The van der Waals surface area contributed by atoms with Crippen molar-refractivity contribution < 1.29 is 4.74 Å². The zero-order chi connectivity index (χ0) is 19.2. The van der Waals surface area contributed by atoms with Crippen molar-refractivity contribution in [3.63, 3.8) is 0 Å². The molecular formula is C23H29IN4O. The van der Waals surface area contributed by atoms with E-state index in [4.69, 9.17) is 4.74 Å². The zero-order valence-corrected chi connectivity index (χ0v) is 19.1. The van der Waals surface area contributed by atoms with Crippen LogP contribution < -0.4 is 10.1 Å². The third-order valence-electron chi connectivity index (χ3n) is 5.35. The van der Waals surface area contributed by atoms with Crippen LogP contribution in [0.5, 0.6) is 5.75 Å². The summed E-state index contributed by atoms with van der Waals surface area (Å²) in [6.07, 6.45) is 5.39. The molecule has 2 N–H and O–H groups in total. The Hall–Kier alpha value is -2.22. The Morgan fingerprint density at radius 3 is 2.59 bits per heavy atom. The van der Waals surface area contributed by atoms with Crippen molar-refractivity contribution in [3.05, 3.63) is 66.4 Å². The van der Waals surface area contributed by atoms with Gasteiger partial charge in [0.1, 0.15) is 11.9 Å². The summed E-state index contributed by atoms with van der Waals surface area (Å²) >= 11 is 0. The highest BCUT2D eigenvalue weighted by Crippen LogP contribution is 2.19. The van der Waals surface area contributed by atoms with E-state index in [1.165, 1.54) is 16.5 Å². The Kier molecular flexibility index (Phi) is 7.80. The third-order valence-corrected chi connectivity index (χ3v) is 5.35. The van der Waals surface area contributed by atoms with Crippen LogP contribution in [0.2, 0.25) is 0 Å². The number of piperidine rings is 1. The first-order chi connectivity index (χ1) is 13.8. The van der Waals surface area contributed by atoms with Crippen LogP contribution in [-0.4, -0.2) is 48.6 Å². The number of fused-ring (bicyclic) bond motifs is 1. The molecule has 2 heterocycles. The molecule has 1 aromatic heterocycles. The van der Waals surface area contributed by atoms with Crippen LogP contribution >= 0.6 is 24.0 Å². The van der Waals surface area contributed by atoms with E-state index in [0.29, 0.717) is 0 Å². The molecule has 0 atom stereocenters. The maximum Gasteiger partial charge on any atom is 0.193 e. The number of hydrogen-bond acceptors (Lipinski definition) is 2. The maximum absolute atomic E-state index is 6.10. The van der Waals surface area contributed by atoms with E-state index in [0.717, 1.165) is 50.6 Å². The van der Waals surface area contributed by atoms with Gasteiger partial charge in [0.15, 0.2) is 5.96 Å². The number of ether oxygens (including phenoxy) is 1. The number of halogens is 1. The highest BCUT2D eigenvalue weighted by Gasteiger charge is 2.22. The number of nitrogens with one attached hydrogen (secondary N) is 2. The van der Waals surface area contributed by atoms with Crippen LogP contribution in [-0.2, 0) is 6.42 Å². The molecule has 0 radical (unpaired) electrons. The van der Waals surface area contributed by atoms with Crippen molar-refractivity contribution >= 4 is 40.8 Å². The van der Waals surface area contributed by atoms with Gasteiger partial charge in [-0.05, 0) is 30.2 Å². The topological polar surface area (TPSA) is 52.7 Å². The number of likely N-dealkylation sites (tertiary alicyclic amines) is 1. The summed E-state index contributed by atoms with van der Waals surface area (Å²) in [5.41, 5.74) is 2.54. The molecule has 29 heavy (non-hydrogen) atoms. The first-order valence-corrected chi connectivity index (χ1v) is 10.1. The van der Waals surface area contributed by atoms with Crippen molar-refractivity contribution in [3.8, 4) is 5.75 Å². The minimum absolute atomic E-state index is 0. The lowest BCUT2D eigenvalue weighted by Gasteiger charge is -2.34. The summed E-state index contributed by atoms with van der Waals surface area (Å²) in [7, 11) is 1.86. The number of aromatic nitrogens is 1. The van der Waals surface area contributed by atoms with Crippen molar-refractivity contribution in [2.75, 3.05) is 26.7 Å². The molecule has 1 aliphatic rings. The summed E-state index contributed by atoms with van der Waals surface area (Å²) in [5, 5.41) is 4.83. The molecule has 0 spiro atoms. The molecule has 3 aromatic rings. The number of aromatic amines is 1. The molecule has 1 saturated heterocycles. The molecule has 0 saturated carbocycles. The number of aliphatic imine (C=N–C) groups is 1. The lowest BCUT2D eigenvalue weighted by atomic mass is 10.1. The van der Waals surface area contributed by atoms with Crippen molar-refractivity contribution in [1.82, 2.24) is 15.2 Å². The van der Waals surface area contributed by atoms with E-state index >= 15 is 0 Å². The van der Waals surface area contributed by atoms with Crippen LogP contribution in [0.4, 0.5) is 0 Å². The first-order valence-electron chi connectivity index (χ1n) is 10.1. The fourth-order valence-corrected chi connectivity index (χ4v) is 3.86. The van der Waals surface area contributed by atoms with Crippen LogP contribution in [0.25, 0.3) is 10.9 Å². The van der Waals surface area contributed by atoms with Crippen molar-refractivity contribution in [1.29, 1.82) is 0 Å². The minimum Gasteiger partial charge on any atom is -0.490 e. The van der Waals surface area contributed by atoms with Gasteiger partial charge in [-0.25, -0.2) is 0 Å². The lowest BCUT2D eigenvalue weighted by Crippen LogP contribution is -2.47. The molecule has 0 unspecified atom stereocenters. The normalized spacial score (nSPS) is 15.2. The van der Waals surface area contributed by atoms with Gasteiger partial charge < -0.3 is 19.9 Å². The molecule has 6 heteroatoms. The first kappa shape index (κ1) is 21.5. The smallest absolute Gasteiger partial charge is 0.193 e. The molecule has 0 bridgehead atoms. The second kappa shape index (κ2) is 10.5. The van der Waals surface area contributed by atoms with Gasteiger partial charge in [-0.15, -0.1) is 24.0 Å². The van der Waals surface area contributed by atoms with E-state index in [9.17, 15) is 0 Å². The molecule has 2 aromatic carbocycles. The largest absolute Gasteiger partial charge is 0.490 e. The van der Waals surface area contributed by atoms with E-state index in [2.05, 4.69) is 50.7 Å². The molecule has 0 aliphatic carbocycles. The van der Waals surface area contributed by atoms with Crippen LogP contribution in [0.1, 0.15) is 18.4 Å². The number of para-hydroxylation sites is 2. The lowest BCUT2D eigenvalue weighted by molar-refractivity contribution is 0.129. The fourth-order valence-electron chi connectivity index (χ4n) is 3.86. The highest BCUT2D eigenvalue weighted by atomic mass is 127. The number of rotatable bonds is 5. The Morgan fingerprint density at radius 1 is 1.10 bits per heavy atom. The predicted octanol–water partition coefficient (Wildman–Crippen LogP) is 4.45. The zero-order valence-electron chi connectivity index (χ0n) is 16.8. The van der Waals surface area contributed by atoms with E-state index in [1.54, 1.807) is 0 Å². The van der Waals surface area contributed by atoms with E-state index < -0.39 is 0 Å². The van der Waals surface area contributed by atoms with Gasteiger partial charge in [0.2, 0.25) is 0 Å². The van der Waals surface area contributed by atoms with Crippen molar-refractivity contribution in [2.24, 2.45) is 4.99 Å². The predicted molar refractivity (Wildman–Crippen MR) is 130 cm³/mol. The van der Waals surface area contributed by atoms with Crippen molar-refractivity contribution in [2.45, 2.75) is 25.4 Å². The standard InChI is InChI=1S/C23H28N4O.HI/c1-24-23(25-14-11-18-17-26-22-10-6-5-9-21(18)22)27-15-12-20(13-16-27)28-19-7-3-2-4-8-19;/h2-10,17,20,26H,11-16H2,1H3,(H,24,25);1H. The minimum atomic E-state index is 0. The second-order valence-electron chi connectivity index (χ2n) is 7.20. The van der Waals surface area contributed by atoms with Gasteiger partial charge in [-0.3, -0.25) is 4.99 Å². The van der Waals surface area contributed by atoms with Gasteiger partial charge in [0, 0.05) is 56.6 Å². The van der Waals surface area contributed by atoms with Crippen LogP contribution in [0, 0.1) is 0 Å². The summed E-state index contributed by atoms with van der Waals surface area (Å²) in [5.74, 6) is 1.94. The summed E-state index contributed by atoms with van der Waals surface area (Å²) in [6, 6.07) is 18.5. The molecule has 0 amide bonds. The average molecular weight is 504 g/mol. The van der Waals surface area contributed by atoms with E-state index in [-0.39, 0.29) is 30.1 Å². The second-order valence-corrected chi connectivity index (χ2v) is 7.20. The highest BCUT2D eigenvalue weighted by molar-refractivity contribution is 14.0. The molecule has 154 valence electrons. The summed E-state index contributed by atoms with van der Waals surface area (Å²) < 4.78 is 6.10. The summed E-state index contributed by atoms with van der Waals surface area (Å²) in [4.78, 5) is 10.2. The Balaban J connectivity index is 0.00000240. The number of hydrogen-bond donors (Lipinski definition) is 2. The summed E-state index contributed by atoms with van der Waals surface area (Å²) in [6.45, 7) is 2.80. The van der Waals surface area contributed by atoms with Gasteiger partial charge in [-0.1, -0.05) is 36.4 Å². The number of H-pyrrole nitrogens is 1. The third kappa shape index (κ3) is 5.44. The Bertz CT molecular complexity index is 917. The SMILES string of the molecule is CN=C(NCCc1c[nH]c2ccccc12)N1CCC(Oc2ccccc2)CC1.I. The Morgan fingerprint density at radius 2 is 1.83 bits per heavy atom. The molecule has 1 aliphatic heterocycles. The number of guanidine groups is 1. The molecule has 5 nitrogen and oxygen atoms in total. The number of nitrogens with zero attached hydrogens (tertiary/aromatic N) is 2. The van der Waals surface area contributed by atoms with Gasteiger partial charge in [0.05, 0.1) is 0 Å². The maximum atomic E-state index is 6.10. The van der Waals surface area contributed by atoms with Crippen LogP contribution in [0.15, 0.2) is 65.8 Å².